The summed E-state index contributed by atoms with van der Waals surface area (Å²) in [5.41, 5.74) is 1.21. The molecule has 1 aromatic heterocycles. The van der Waals surface area contributed by atoms with Crippen LogP contribution in [0.2, 0.25) is 0 Å². The second-order valence-corrected chi connectivity index (χ2v) is 5.44. The molecule has 0 aliphatic heterocycles. The van der Waals surface area contributed by atoms with Crippen LogP contribution in [0.5, 0.6) is 0 Å². The first-order valence-corrected chi connectivity index (χ1v) is 7.52. The van der Waals surface area contributed by atoms with Crippen molar-refractivity contribution in [3.05, 3.63) is 71.9 Å². The highest BCUT2D eigenvalue weighted by Gasteiger charge is 2.35. The lowest BCUT2D eigenvalue weighted by molar-refractivity contribution is -0.137. The monoisotopic (exact) mass is 344 g/mol. The molecule has 25 heavy (non-hydrogen) atoms. The Kier molecular flexibility index (Phi) is 4.56. The molecule has 3 aromatic rings. The second kappa shape index (κ2) is 6.80. The molecule has 0 spiro atoms. The highest BCUT2D eigenvalue weighted by Crippen LogP contribution is 2.35. The zero-order chi connectivity index (χ0) is 17.9. The molecule has 0 saturated carbocycles. The molecular formula is C18H15F3N4. The second-order valence-electron chi connectivity index (χ2n) is 5.44. The number of para-hydroxylation sites is 1. The van der Waals surface area contributed by atoms with Gasteiger partial charge in [0.05, 0.1) is 0 Å². The molecule has 0 radical (unpaired) electrons. The van der Waals surface area contributed by atoms with E-state index < -0.39 is 11.7 Å². The van der Waals surface area contributed by atoms with Gasteiger partial charge in [-0.05, 0) is 36.8 Å². The van der Waals surface area contributed by atoms with Crippen molar-refractivity contribution in [2.45, 2.75) is 13.1 Å². The fourth-order valence-electron chi connectivity index (χ4n) is 2.25. The Hall–Kier alpha value is -3.09. The fourth-order valence-corrected chi connectivity index (χ4v) is 2.25. The van der Waals surface area contributed by atoms with E-state index in [-0.39, 0.29) is 11.8 Å². The maximum atomic E-state index is 13.2. The van der Waals surface area contributed by atoms with E-state index in [1.807, 2.05) is 19.1 Å². The molecule has 0 bridgehead atoms. The minimum Gasteiger partial charge on any atom is -0.340 e. The van der Waals surface area contributed by atoms with Crippen molar-refractivity contribution in [2.75, 3.05) is 10.6 Å². The van der Waals surface area contributed by atoms with Crippen LogP contribution in [0.25, 0.3) is 0 Å². The molecule has 0 unspecified atom stereocenters. The number of hydrogen-bond acceptors (Lipinski definition) is 4. The first-order valence-electron chi connectivity index (χ1n) is 7.52. The third kappa shape index (κ3) is 4.26. The van der Waals surface area contributed by atoms with Crippen molar-refractivity contribution in [3.8, 4) is 0 Å². The maximum Gasteiger partial charge on any atom is 0.421 e. The SMILES string of the molecule is Cc1cccc(Nc2nc(Nc3ccccc3)ncc2C(F)(F)F)c1. The first-order chi connectivity index (χ1) is 11.9. The van der Waals surface area contributed by atoms with Gasteiger partial charge in [0, 0.05) is 17.6 Å². The topological polar surface area (TPSA) is 49.8 Å². The van der Waals surface area contributed by atoms with Gasteiger partial charge in [0.25, 0.3) is 0 Å². The molecule has 0 aliphatic carbocycles. The van der Waals surface area contributed by atoms with Crippen LogP contribution < -0.4 is 10.6 Å². The van der Waals surface area contributed by atoms with Crippen LogP contribution in [0.4, 0.5) is 36.3 Å². The summed E-state index contributed by atoms with van der Waals surface area (Å²) in [6, 6.07) is 16.0. The minimum absolute atomic E-state index is 0.0781. The summed E-state index contributed by atoms with van der Waals surface area (Å²) in [6.45, 7) is 1.86. The third-order valence-corrected chi connectivity index (χ3v) is 3.40. The van der Waals surface area contributed by atoms with E-state index in [0.717, 1.165) is 11.8 Å². The molecular weight excluding hydrogens is 329 g/mol. The van der Waals surface area contributed by atoms with Gasteiger partial charge in [-0.25, -0.2) is 4.98 Å². The highest BCUT2D eigenvalue weighted by atomic mass is 19.4. The molecule has 0 saturated heterocycles. The molecule has 7 heteroatoms. The van der Waals surface area contributed by atoms with Crippen LogP contribution in [0.3, 0.4) is 0 Å². The predicted octanol–water partition coefficient (Wildman–Crippen LogP) is 5.29. The van der Waals surface area contributed by atoms with Gasteiger partial charge < -0.3 is 10.6 Å². The molecule has 3 rings (SSSR count). The van der Waals surface area contributed by atoms with Crippen LogP contribution in [-0.4, -0.2) is 9.97 Å². The number of alkyl halides is 3. The van der Waals surface area contributed by atoms with Gasteiger partial charge in [0.1, 0.15) is 11.4 Å². The van der Waals surface area contributed by atoms with E-state index in [1.165, 1.54) is 0 Å². The van der Waals surface area contributed by atoms with Crippen molar-refractivity contribution >= 4 is 23.1 Å². The summed E-state index contributed by atoms with van der Waals surface area (Å²) < 4.78 is 39.7. The van der Waals surface area contributed by atoms with Crippen LogP contribution in [-0.2, 0) is 6.18 Å². The quantitative estimate of drug-likeness (QED) is 0.675. The Morgan fingerprint density at radius 3 is 2.28 bits per heavy atom. The zero-order valence-electron chi connectivity index (χ0n) is 13.3. The average molecular weight is 344 g/mol. The molecule has 2 N–H and O–H groups in total. The summed E-state index contributed by atoms with van der Waals surface area (Å²) in [5.74, 6) is -0.221. The number of nitrogens with zero attached hydrogens (tertiary/aromatic N) is 2. The van der Waals surface area contributed by atoms with E-state index in [4.69, 9.17) is 0 Å². The van der Waals surface area contributed by atoms with Gasteiger partial charge in [-0.2, -0.15) is 18.2 Å². The Morgan fingerprint density at radius 1 is 0.880 bits per heavy atom. The molecule has 0 atom stereocenters. The van der Waals surface area contributed by atoms with Gasteiger partial charge in [0.15, 0.2) is 0 Å². The van der Waals surface area contributed by atoms with Gasteiger partial charge in [0.2, 0.25) is 5.95 Å². The molecule has 4 nitrogen and oxygen atoms in total. The zero-order valence-corrected chi connectivity index (χ0v) is 13.3. The molecule has 0 aliphatic rings. The largest absolute Gasteiger partial charge is 0.421 e. The molecule has 0 fully saturated rings. The van der Waals surface area contributed by atoms with Gasteiger partial charge in [-0.3, -0.25) is 0 Å². The smallest absolute Gasteiger partial charge is 0.340 e. The lowest BCUT2D eigenvalue weighted by Crippen LogP contribution is -2.12. The number of rotatable bonds is 4. The average Bonchev–Trinajstić information content (AvgIpc) is 2.55. The number of anilines is 4. The summed E-state index contributed by atoms with van der Waals surface area (Å²) in [5, 5.41) is 5.63. The van der Waals surface area contributed by atoms with Crippen LogP contribution in [0.15, 0.2) is 60.8 Å². The van der Waals surface area contributed by atoms with E-state index in [0.29, 0.717) is 11.4 Å². The number of nitrogens with one attached hydrogen (secondary N) is 2. The Balaban J connectivity index is 1.96. The van der Waals surface area contributed by atoms with E-state index in [1.54, 1.807) is 42.5 Å². The summed E-state index contributed by atoms with van der Waals surface area (Å²) in [6.07, 6.45) is -3.78. The Morgan fingerprint density at radius 2 is 1.60 bits per heavy atom. The molecule has 0 amide bonds. The number of aromatic nitrogens is 2. The number of halogens is 3. The van der Waals surface area contributed by atoms with E-state index in [9.17, 15) is 13.2 Å². The standard InChI is InChI=1S/C18H15F3N4/c1-12-6-5-9-14(10-12)23-16-15(18(19,20)21)11-22-17(25-16)24-13-7-3-2-4-8-13/h2-11H,1H3,(H2,22,23,24,25). The molecule has 1 heterocycles. The fraction of sp³-hybridized carbons (Fsp3) is 0.111. The lowest BCUT2D eigenvalue weighted by Gasteiger charge is -2.15. The van der Waals surface area contributed by atoms with Crippen molar-refractivity contribution in [3.63, 3.8) is 0 Å². The Labute approximate surface area is 142 Å². The normalized spacial score (nSPS) is 11.2. The maximum absolute atomic E-state index is 13.2. The Bertz CT molecular complexity index is 864. The van der Waals surface area contributed by atoms with Gasteiger partial charge in [-0.15, -0.1) is 0 Å². The van der Waals surface area contributed by atoms with Crippen molar-refractivity contribution in [2.24, 2.45) is 0 Å². The summed E-state index contributed by atoms with van der Waals surface area (Å²) >= 11 is 0. The van der Waals surface area contributed by atoms with Crippen LogP contribution >= 0.6 is 0 Å². The number of hydrogen-bond donors (Lipinski definition) is 2. The summed E-state index contributed by atoms with van der Waals surface area (Å²) in [7, 11) is 0. The van der Waals surface area contributed by atoms with Gasteiger partial charge >= 0.3 is 6.18 Å². The first kappa shape index (κ1) is 16.8. The molecule has 2 aromatic carbocycles. The minimum atomic E-state index is -4.56. The number of aryl methyl sites for hydroxylation is 1. The van der Waals surface area contributed by atoms with Crippen molar-refractivity contribution < 1.29 is 13.2 Å². The van der Waals surface area contributed by atoms with Crippen molar-refractivity contribution in [1.29, 1.82) is 0 Å². The number of benzene rings is 2. The van der Waals surface area contributed by atoms with Crippen LogP contribution in [0, 0.1) is 6.92 Å². The third-order valence-electron chi connectivity index (χ3n) is 3.40. The van der Waals surface area contributed by atoms with E-state index >= 15 is 0 Å². The predicted molar refractivity (Wildman–Crippen MR) is 91.2 cm³/mol. The lowest BCUT2D eigenvalue weighted by atomic mass is 10.2. The van der Waals surface area contributed by atoms with Gasteiger partial charge in [-0.1, -0.05) is 30.3 Å². The van der Waals surface area contributed by atoms with Crippen molar-refractivity contribution in [1.82, 2.24) is 9.97 Å². The molecule has 128 valence electrons. The van der Waals surface area contributed by atoms with E-state index in [2.05, 4.69) is 20.6 Å². The summed E-state index contributed by atoms with van der Waals surface area (Å²) in [4.78, 5) is 7.78. The van der Waals surface area contributed by atoms with Crippen LogP contribution in [0.1, 0.15) is 11.1 Å². The highest BCUT2D eigenvalue weighted by molar-refractivity contribution is 5.63.